The molecule has 0 spiro atoms. The Labute approximate surface area is 121 Å². The van der Waals surface area contributed by atoms with E-state index < -0.39 is 0 Å². The van der Waals surface area contributed by atoms with Crippen molar-refractivity contribution in [1.29, 1.82) is 0 Å². The summed E-state index contributed by atoms with van der Waals surface area (Å²) in [6, 6.07) is 19.2. The second-order valence-corrected chi connectivity index (χ2v) is 4.36. The van der Waals surface area contributed by atoms with Crippen molar-refractivity contribution in [3.05, 3.63) is 72.6 Å². The second-order valence-electron chi connectivity index (χ2n) is 4.36. The molecule has 0 amide bonds. The van der Waals surface area contributed by atoms with E-state index in [0.29, 0.717) is 11.5 Å². The van der Waals surface area contributed by atoms with Crippen LogP contribution in [0.25, 0.3) is 0 Å². The molecule has 0 atom stereocenters. The van der Waals surface area contributed by atoms with Crippen molar-refractivity contribution in [2.24, 2.45) is 10.7 Å². The van der Waals surface area contributed by atoms with Gasteiger partial charge in [0, 0.05) is 0 Å². The number of aliphatic imine (C=N–C) groups is 1. The minimum atomic E-state index is 0.322. The summed E-state index contributed by atoms with van der Waals surface area (Å²) in [5.41, 5.74) is 11.2. The molecule has 0 unspecified atom stereocenters. The summed E-state index contributed by atoms with van der Waals surface area (Å²) in [5, 5.41) is 7.97. The van der Waals surface area contributed by atoms with Gasteiger partial charge in [-0.25, -0.2) is 4.99 Å². The number of anilines is 1. The molecule has 2 aromatic carbocycles. The van der Waals surface area contributed by atoms with Crippen LogP contribution in [0.2, 0.25) is 0 Å². The van der Waals surface area contributed by atoms with Crippen LogP contribution in [0.1, 0.15) is 5.69 Å². The van der Waals surface area contributed by atoms with Crippen LogP contribution in [0.4, 0.5) is 11.4 Å². The molecule has 6 heteroatoms. The standard InChI is InChI=1S/C15H14N6/c16-15(17-12-7-3-1-4-8-12)14-11-21(20-18-14)19-13-9-5-2-6-10-13/h1-11,19H,(H2,16,17). The third kappa shape index (κ3) is 3.24. The van der Waals surface area contributed by atoms with Gasteiger partial charge < -0.3 is 5.73 Å². The van der Waals surface area contributed by atoms with E-state index in [-0.39, 0.29) is 0 Å². The van der Waals surface area contributed by atoms with E-state index in [1.54, 1.807) is 6.20 Å². The maximum atomic E-state index is 5.94. The fraction of sp³-hybridized carbons (Fsp3) is 0. The second kappa shape index (κ2) is 5.87. The fourth-order valence-corrected chi connectivity index (χ4v) is 1.78. The third-order valence-electron chi connectivity index (χ3n) is 2.78. The lowest BCUT2D eigenvalue weighted by molar-refractivity contribution is 0.744. The first-order chi connectivity index (χ1) is 10.3. The number of amidine groups is 1. The van der Waals surface area contributed by atoms with Gasteiger partial charge in [-0.2, -0.15) is 4.79 Å². The Balaban J connectivity index is 1.77. The van der Waals surface area contributed by atoms with Gasteiger partial charge in [0.15, 0.2) is 5.84 Å². The first-order valence-electron chi connectivity index (χ1n) is 6.45. The molecule has 0 aliphatic heterocycles. The average molecular weight is 278 g/mol. The first kappa shape index (κ1) is 12.9. The normalized spacial score (nSPS) is 11.3. The number of benzene rings is 2. The quantitative estimate of drug-likeness (QED) is 0.566. The van der Waals surface area contributed by atoms with Gasteiger partial charge >= 0.3 is 0 Å². The van der Waals surface area contributed by atoms with E-state index in [0.717, 1.165) is 11.4 Å². The van der Waals surface area contributed by atoms with Crippen molar-refractivity contribution in [3.8, 4) is 0 Å². The fourth-order valence-electron chi connectivity index (χ4n) is 1.78. The monoisotopic (exact) mass is 278 g/mol. The average Bonchev–Trinajstić information content (AvgIpc) is 2.98. The first-order valence-corrected chi connectivity index (χ1v) is 6.45. The molecule has 3 N–H and O–H groups in total. The summed E-state index contributed by atoms with van der Waals surface area (Å²) in [6.45, 7) is 0. The highest BCUT2D eigenvalue weighted by Gasteiger charge is 2.05. The van der Waals surface area contributed by atoms with Crippen LogP contribution in [0.15, 0.2) is 71.9 Å². The Morgan fingerprint density at radius 3 is 2.38 bits per heavy atom. The zero-order chi connectivity index (χ0) is 14.5. The Morgan fingerprint density at radius 1 is 1.00 bits per heavy atom. The molecule has 0 bridgehead atoms. The van der Waals surface area contributed by atoms with Crippen LogP contribution in [-0.2, 0) is 0 Å². The highest BCUT2D eigenvalue weighted by atomic mass is 15.6. The molecule has 0 aliphatic rings. The Kier molecular flexibility index (Phi) is 3.60. The number of aromatic nitrogens is 3. The van der Waals surface area contributed by atoms with Crippen molar-refractivity contribution >= 4 is 17.2 Å². The largest absolute Gasteiger partial charge is 0.382 e. The molecule has 104 valence electrons. The number of nitrogens with two attached hydrogens (primary N) is 1. The van der Waals surface area contributed by atoms with E-state index in [1.165, 1.54) is 4.79 Å². The van der Waals surface area contributed by atoms with Crippen LogP contribution in [-0.4, -0.2) is 20.9 Å². The Hall–Kier alpha value is -3.15. The maximum absolute atomic E-state index is 5.94. The van der Waals surface area contributed by atoms with Gasteiger partial charge in [0.2, 0.25) is 0 Å². The molecule has 3 aromatic rings. The molecule has 1 heterocycles. The van der Waals surface area contributed by atoms with Crippen LogP contribution in [0.3, 0.4) is 0 Å². The zero-order valence-electron chi connectivity index (χ0n) is 11.2. The number of nitrogens with zero attached hydrogens (tertiary/aromatic N) is 4. The van der Waals surface area contributed by atoms with E-state index in [4.69, 9.17) is 5.73 Å². The predicted molar refractivity (Wildman–Crippen MR) is 82.3 cm³/mol. The van der Waals surface area contributed by atoms with Crippen molar-refractivity contribution in [1.82, 2.24) is 15.1 Å². The molecule has 0 radical (unpaired) electrons. The minimum Gasteiger partial charge on any atom is -0.382 e. The maximum Gasteiger partial charge on any atom is 0.153 e. The van der Waals surface area contributed by atoms with Crippen molar-refractivity contribution in [2.45, 2.75) is 0 Å². The van der Waals surface area contributed by atoms with Crippen molar-refractivity contribution in [3.63, 3.8) is 0 Å². The van der Waals surface area contributed by atoms with Gasteiger partial charge in [0.05, 0.1) is 17.6 Å². The van der Waals surface area contributed by atoms with Gasteiger partial charge in [0.1, 0.15) is 5.69 Å². The summed E-state index contributed by atoms with van der Waals surface area (Å²) in [6.07, 6.45) is 1.69. The van der Waals surface area contributed by atoms with Crippen molar-refractivity contribution in [2.75, 3.05) is 5.43 Å². The molecule has 1 aromatic heterocycles. The van der Waals surface area contributed by atoms with Gasteiger partial charge in [-0.15, -0.1) is 5.10 Å². The summed E-state index contributed by atoms with van der Waals surface area (Å²) in [4.78, 5) is 5.80. The van der Waals surface area contributed by atoms with Gasteiger partial charge in [-0.05, 0) is 29.5 Å². The zero-order valence-corrected chi connectivity index (χ0v) is 11.2. The molecular formula is C15H14N6. The topological polar surface area (TPSA) is 81.1 Å². The van der Waals surface area contributed by atoms with Gasteiger partial charge in [-0.3, -0.25) is 5.43 Å². The van der Waals surface area contributed by atoms with E-state index in [2.05, 4.69) is 20.7 Å². The Morgan fingerprint density at radius 2 is 1.67 bits per heavy atom. The molecule has 0 saturated carbocycles. The summed E-state index contributed by atoms with van der Waals surface area (Å²) in [7, 11) is 0. The number of rotatable bonds is 4. The van der Waals surface area contributed by atoms with Crippen LogP contribution in [0.5, 0.6) is 0 Å². The lowest BCUT2D eigenvalue weighted by Crippen LogP contribution is -2.13. The van der Waals surface area contributed by atoms with Gasteiger partial charge in [0.25, 0.3) is 0 Å². The summed E-state index contributed by atoms with van der Waals surface area (Å²) >= 11 is 0. The van der Waals surface area contributed by atoms with Crippen LogP contribution in [0, 0.1) is 0 Å². The molecule has 6 nitrogen and oxygen atoms in total. The van der Waals surface area contributed by atoms with E-state index in [9.17, 15) is 0 Å². The van der Waals surface area contributed by atoms with E-state index >= 15 is 0 Å². The van der Waals surface area contributed by atoms with Gasteiger partial charge in [-0.1, -0.05) is 36.4 Å². The number of nitrogens with one attached hydrogen (secondary N) is 1. The van der Waals surface area contributed by atoms with Crippen LogP contribution >= 0.6 is 0 Å². The molecule has 3 rings (SSSR count). The number of para-hydroxylation sites is 2. The SMILES string of the molecule is NC(=Nc1ccccc1)c1cn(Nc2ccccc2)nn1. The molecule has 0 aliphatic carbocycles. The number of hydrogen-bond acceptors (Lipinski definition) is 4. The number of hydrogen-bond donors (Lipinski definition) is 2. The third-order valence-corrected chi connectivity index (χ3v) is 2.78. The summed E-state index contributed by atoms with van der Waals surface area (Å²) in [5.74, 6) is 0.322. The lowest BCUT2D eigenvalue weighted by Gasteiger charge is -2.03. The molecule has 0 fully saturated rings. The van der Waals surface area contributed by atoms with Crippen LogP contribution < -0.4 is 11.2 Å². The summed E-state index contributed by atoms with van der Waals surface area (Å²) < 4.78 is 0. The predicted octanol–water partition coefficient (Wildman–Crippen LogP) is 2.19. The molecule has 21 heavy (non-hydrogen) atoms. The highest BCUT2D eigenvalue weighted by Crippen LogP contribution is 2.11. The smallest absolute Gasteiger partial charge is 0.153 e. The molecular weight excluding hydrogens is 264 g/mol. The highest BCUT2D eigenvalue weighted by molar-refractivity contribution is 5.97. The lowest BCUT2D eigenvalue weighted by atomic mass is 10.3. The molecule has 0 saturated heterocycles. The van der Waals surface area contributed by atoms with E-state index in [1.807, 2.05) is 60.7 Å². The minimum absolute atomic E-state index is 0.322. The van der Waals surface area contributed by atoms with Crippen molar-refractivity contribution < 1.29 is 0 Å². The Bertz CT molecular complexity index is 733.